The minimum Gasteiger partial charge on any atom is -0.321 e. The highest BCUT2D eigenvalue weighted by Crippen LogP contribution is 2.35. The molecule has 1 atom stereocenters. The van der Waals surface area contributed by atoms with Gasteiger partial charge in [-0.1, -0.05) is 23.7 Å². The van der Waals surface area contributed by atoms with Crippen LogP contribution in [-0.2, 0) is 6.18 Å². The molecule has 0 spiro atoms. The average Bonchev–Trinajstić information content (AvgIpc) is 2.15. The normalized spacial score (nSPS) is 12.8. The maximum Gasteiger partial charge on any atom is 0.416 e. The fourth-order valence-electron chi connectivity index (χ4n) is 1.19. The number of hydrogen-bond acceptors (Lipinski definition) is 1. The number of halogens is 5. The maximum atomic E-state index is 12.6. The van der Waals surface area contributed by atoms with Crippen LogP contribution in [0.3, 0.4) is 0 Å². The summed E-state index contributed by atoms with van der Waals surface area (Å²) in [5, 5.41) is 0.0299. The van der Waals surface area contributed by atoms with Crippen molar-refractivity contribution in [2.75, 3.05) is 0 Å². The van der Waals surface area contributed by atoms with Gasteiger partial charge < -0.3 is 5.73 Å². The highest BCUT2D eigenvalue weighted by molar-refractivity contribution is 6.30. The van der Waals surface area contributed by atoms with Gasteiger partial charge in [0.25, 0.3) is 0 Å². The number of nitrogens with two attached hydrogens (primary N) is 1. The topological polar surface area (TPSA) is 26.0 Å². The van der Waals surface area contributed by atoms with Gasteiger partial charge in [0, 0.05) is 11.1 Å². The van der Waals surface area contributed by atoms with E-state index < -0.39 is 17.8 Å². The molecule has 1 nitrogen and oxygen atoms in total. The molecule has 2 N–H and O–H groups in total. The summed E-state index contributed by atoms with van der Waals surface area (Å²) in [5.41, 5.74) is 4.64. The van der Waals surface area contributed by atoms with E-state index in [9.17, 15) is 13.2 Å². The van der Waals surface area contributed by atoms with E-state index in [0.717, 1.165) is 6.07 Å². The van der Waals surface area contributed by atoms with Gasteiger partial charge in [-0.25, -0.2) is 0 Å². The summed E-state index contributed by atoms with van der Waals surface area (Å²) >= 11 is 5.50. The standard InChI is InChI=1S/C10H9ClF3N.ClH/c1-2-9(15)7-4-3-6(11)5-8(7)10(12,13)14;/h2-5,9H,1,15H2;1H/t9-;/m1./s1. The summed E-state index contributed by atoms with van der Waals surface area (Å²) in [6.07, 6.45) is -3.21. The lowest BCUT2D eigenvalue weighted by Gasteiger charge is -2.15. The van der Waals surface area contributed by atoms with Crippen molar-refractivity contribution < 1.29 is 13.2 Å². The first-order chi connectivity index (χ1) is 6.86. The van der Waals surface area contributed by atoms with Crippen molar-refractivity contribution in [3.8, 4) is 0 Å². The van der Waals surface area contributed by atoms with Crippen molar-refractivity contribution in [1.82, 2.24) is 0 Å². The van der Waals surface area contributed by atoms with Crippen molar-refractivity contribution in [2.45, 2.75) is 12.2 Å². The van der Waals surface area contributed by atoms with Crippen LogP contribution >= 0.6 is 24.0 Å². The minimum absolute atomic E-state index is 0. The zero-order chi connectivity index (χ0) is 11.6. The summed E-state index contributed by atoms with van der Waals surface area (Å²) in [4.78, 5) is 0. The van der Waals surface area contributed by atoms with Gasteiger partial charge in [-0.3, -0.25) is 0 Å². The van der Waals surface area contributed by atoms with E-state index in [1.54, 1.807) is 0 Å². The molecule has 0 radical (unpaired) electrons. The van der Waals surface area contributed by atoms with Crippen molar-refractivity contribution in [3.63, 3.8) is 0 Å². The molecule has 0 bridgehead atoms. The van der Waals surface area contributed by atoms with E-state index in [0.29, 0.717) is 0 Å². The molecule has 0 aromatic heterocycles. The van der Waals surface area contributed by atoms with Gasteiger partial charge in [0.1, 0.15) is 0 Å². The summed E-state index contributed by atoms with van der Waals surface area (Å²) < 4.78 is 37.7. The largest absolute Gasteiger partial charge is 0.416 e. The fourth-order valence-corrected chi connectivity index (χ4v) is 1.36. The second-order valence-electron chi connectivity index (χ2n) is 2.99. The smallest absolute Gasteiger partial charge is 0.321 e. The number of benzene rings is 1. The maximum absolute atomic E-state index is 12.6. The molecule has 0 heterocycles. The zero-order valence-electron chi connectivity index (χ0n) is 8.09. The van der Waals surface area contributed by atoms with Crippen molar-refractivity contribution in [3.05, 3.63) is 47.0 Å². The van der Waals surface area contributed by atoms with Gasteiger partial charge >= 0.3 is 6.18 Å². The Bertz CT molecular complexity index is 377. The third kappa shape index (κ3) is 3.40. The Balaban J connectivity index is 0.00000225. The van der Waals surface area contributed by atoms with Crippen LogP contribution in [0, 0.1) is 0 Å². The Hall–Kier alpha value is -0.710. The van der Waals surface area contributed by atoms with E-state index in [1.807, 2.05) is 0 Å². The molecule has 0 aliphatic carbocycles. The second-order valence-corrected chi connectivity index (χ2v) is 3.43. The van der Waals surface area contributed by atoms with E-state index in [1.165, 1.54) is 18.2 Å². The molecule has 1 aromatic rings. The number of alkyl halides is 3. The molecule has 6 heteroatoms. The van der Waals surface area contributed by atoms with Gasteiger partial charge in [0.05, 0.1) is 5.56 Å². The Labute approximate surface area is 102 Å². The molecule has 0 saturated heterocycles. The number of rotatable bonds is 2. The molecule has 0 saturated carbocycles. The van der Waals surface area contributed by atoms with E-state index >= 15 is 0 Å². The molecule has 16 heavy (non-hydrogen) atoms. The summed E-state index contributed by atoms with van der Waals surface area (Å²) in [7, 11) is 0. The molecule has 1 rings (SSSR count). The first-order valence-electron chi connectivity index (χ1n) is 4.11. The minimum atomic E-state index is -4.46. The monoisotopic (exact) mass is 271 g/mol. The Morgan fingerprint density at radius 3 is 2.38 bits per heavy atom. The molecule has 0 fully saturated rings. The van der Waals surface area contributed by atoms with Gasteiger partial charge in [-0.15, -0.1) is 19.0 Å². The van der Waals surface area contributed by atoms with Crippen LogP contribution in [-0.4, -0.2) is 0 Å². The highest BCUT2D eigenvalue weighted by Gasteiger charge is 2.34. The fraction of sp³-hybridized carbons (Fsp3) is 0.200. The van der Waals surface area contributed by atoms with E-state index in [4.69, 9.17) is 17.3 Å². The van der Waals surface area contributed by atoms with Gasteiger partial charge in [0.2, 0.25) is 0 Å². The summed E-state index contributed by atoms with van der Waals surface area (Å²) in [6.45, 7) is 3.36. The van der Waals surface area contributed by atoms with Crippen LogP contribution in [0.4, 0.5) is 13.2 Å². The molecule has 0 amide bonds. The van der Waals surface area contributed by atoms with Gasteiger partial charge in [-0.05, 0) is 17.7 Å². The molecule has 0 aliphatic rings. The Morgan fingerprint density at radius 2 is 1.94 bits per heavy atom. The van der Waals surface area contributed by atoms with Crippen LogP contribution in [0.1, 0.15) is 17.2 Å². The quantitative estimate of drug-likeness (QED) is 0.810. The Kier molecular flexibility index (Phi) is 5.32. The molecular weight excluding hydrogens is 262 g/mol. The van der Waals surface area contributed by atoms with Gasteiger partial charge in [0.15, 0.2) is 0 Å². The average molecular weight is 272 g/mol. The van der Waals surface area contributed by atoms with Crippen LogP contribution in [0.5, 0.6) is 0 Å². The zero-order valence-corrected chi connectivity index (χ0v) is 9.66. The second kappa shape index (κ2) is 5.57. The van der Waals surface area contributed by atoms with Crippen LogP contribution in [0.2, 0.25) is 5.02 Å². The Morgan fingerprint density at radius 1 is 1.38 bits per heavy atom. The van der Waals surface area contributed by atoms with Crippen LogP contribution in [0.15, 0.2) is 30.9 Å². The third-order valence-corrected chi connectivity index (χ3v) is 2.17. The van der Waals surface area contributed by atoms with Crippen LogP contribution < -0.4 is 5.73 Å². The van der Waals surface area contributed by atoms with Gasteiger partial charge in [-0.2, -0.15) is 13.2 Å². The number of hydrogen-bond donors (Lipinski definition) is 1. The molecular formula is C10H10Cl2F3N. The lowest BCUT2D eigenvalue weighted by molar-refractivity contribution is -0.138. The van der Waals surface area contributed by atoms with Crippen molar-refractivity contribution in [2.24, 2.45) is 5.73 Å². The molecule has 90 valence electrons. The lowest BCUT2D eigenvalue weighted by atomic mass is 10.0. The SMILES string of the molecule is C=C[C@@H](N)c1ccc(Cl)cc1C(F)(F)F.Cl. The predicted octanol–water partition coefficient (Wildman–Crippen LogP) is 3.97. The van der Waals surface area contributed by atoms with E-state index in [-0.39, 0.29) is 23.0 Å². The molecule has 1 aromatic carbocycles. The first kappa shape index (κ1) is 15.3. The third-order valence-electron chi connectivity index (χ3n) is 1.93. The van der Waals surface area contributed by atoms with E-state index in [2.05, 4.69) is 6.58 Å². The van der Waals surface area contributed by atoms with Crippen molar-refractivity contribution >= 4 is 24.0 Å². The van der Waals surface area contributed by atoms with Crippen LogP contribution in [0.25, 0.3) is 0 Å². The summed E-state index contributed by atoms with van der Waals surface area (Å²) in [5.74, 6) is 0. The summed E-state index contributed by atoms with van der Waals surface area (Å²) in [6, 6.07) is 2.65. The molecule has 0 unspecified atom stereocenters. The molecule has 0 aliphatic heterocycles. The predicted molar refractivity (Wildman–Crippen MR) is 60.8 cm³/mol. The van der Waals surface area contributed by atoms with Crippen molar-refractivity contribution in [1.29, 1.82) is 0 Å². The lowest BCUT2D eigenvalue weighted by Crippen LogP contribution is -2.15. The highest BCUT2D eigenvalue weighted by atomic mass is 35.5. The first-order valence-corrected chi connectivity index (χ1v) is 4.49.